The molecule has 0 saturated heterocycles. The third-order valence-electron chi connectivity index (χ3n) is 3.31. The van der Waals surface area contributed by atoms with Crippen LogP contribution in [-0.4, -0.2) is 4.98 Å². The van der Waals surface area contributed by atoms with Crippen molar-refractivity contribution in [1.82, 2.24) is 4.98 Å². The van der Waals surface area contributed by atoms with Gasteiger partial charge in [-0.05, 0) is 34.9 Å². The van der Waals surface area contributed by atoms with Crippen LogP contribution in [0.25, 0.3) is 21.9 Å². The van der Waals surface area contributed by atoms with Crippen molar-refractivity contribution >= 4 is 10.8 Å². The second kappa shape index (κ2) is 4.55. The molecule has 2 nitrogen and oxygen atoms in total. The molecule has 3 rings (SSSR count). The van der Waals surface area contributed by atoms with Gasteiger partial charge in [0.05, 0.1) is 5.56 Å². The van der Waals surface area contributed by atoms with E-state index in [4.69, 9.17) is 0 Å². The molecule has 0 fully saturated rings. The van der Waals surface area contributed by atoms with E-state index in [9.17, 15) is 5.26 Å². The van der Waals surface area contributed by atoms with Gasteiger partial charge in [0.1, 0.15) is 6.07 Å². The molecule has 2 heteroatoms. The van der Waals surface area contributed by atoms with Gasteiger partial charge in [0.2, 0.25) is 0 Å². The van der Waals surface area contributed by atoms with Gasteiger partial charge in [-0.25, -0.2) is 0 Å². The molecule has 0 aliphatic heterocycles. The van der Waals surface area contributed by atoms with Crippen LogP contribution in [0.1, 0.15) is 11.1 Å². The Kier molecular flexibility index (Phi) is 2.74. The van der Waals surface area contributed by atoms with Crippen LogP contribution in [0.3, 0.4) is 0 Å². The highest BCUT2D eigenvalue weighted by molar-refractivity contribution is 5.88. The summed E-state index contributed by atoms with van der Waals surface area (Å²) in [6.07, 6.45) is 3.48. The molecular formula is C17H12N2. The maximum absolute atomic E-state index is 9.30. The van der Waals surface area contributed by atoms with Gasteiger partial charge in [0.25, 0.3) is 0 Å². The van der Waals surface area contributed by atoms with Gasteiger partial charge in [-0.2, -0.15) is 5.26 Å². The number of benzene rings is 2. The summed E-state index contributed by atoms with van der Waals surface area (Å²) in [7, 11) is 0. The van der Waals surface area contributed by atoms with Gasteiger partial charge in [-0.1, -0.05) is 36.4 Å². The third-order valence-corrected chi connectivity index (χ3v) is 3.31. The molecule has 1 aromatic heterocycles. The lowest BCUT2D eigenvalue weighted by Crippen LogP contribution is -1.90. The van der Waals surface area contributed by atoms with E-state index in [1.54, 1.807) is 12.4 Å². The molecule has 0 spiro atoms. The zero-order valence-corrected chi connectivity index (χ0v) is 10.6. The number of nitrogens with zero attached hydrogens (tertiary/aromatic N) is 2. The second-order valence-corrected chi connectivity index (χ2v) is 4.55. The Hall–Kier alpha value is -2.66. The zero-order chi connectivity index (χ0) is 13.2. The van der Waals surface area contributed by atoms with Gasteiger partial charge in [-0.15, -0.1) is 0 Å². The minimum atomic E-state index is 0.699. The Labute approximate surface area is 112 Å². The fourth-order valence-corrected chi connectivity index (χ4v) is 2.29. The molecule has 0 N–H and O–H groups in total. The van der Waals surface area contributed by atoms with Gasteiger partial charge in [0.15, 0.2) is 0 Å². The van der Waals surface area contributed by atoms with Crippen molar-refractivity contribution in [3.8, 4) is 17.2 Å². The number of hydrogen-bond acceptors (Lipinski definition) is 2. The monoisotopic (exact) mass is 244 g/mol. The van der Waals surface area contributed by atoms with E-state index in [1.165, 1.54) is 10.8 Å². The molecule has 0 radical (unpaired) electrons. The molecule has 0 bridgehead atoms. The first-order valence-electron chi connectivity index (χ1n) is 6.13. The average molecular weight is 244 g/mol. The first-order valence-corrected chi connectivity index (χ1v) is 6.13. The standard InChI is InChI=1S/C17H12N2/c1-12-10-19-11-17(16(12)9-18)15-7-6-13-4-2-3-5-14(13)8-15/h2-8,10-11H,1H3. The van der Waals surface area contributed by atoms with Gasteiger partial charge >= 0.3 is 0 Å². The predicted octanol–water partition coefficient (Wildman–Crippen LogP) is 4.08. The molecule has 19 heavy (non-hydrogen) atoms. The summed E-state index contributed by atoms with van der Waals surface area (Å²) in [6.45, 7) is 1.91. The van der Waals surface area contributed by atoms with Crippen molar-refractivity contribution in [1.29, 1.82) is 5.26 Å². The first-order chi connectivity index (χ1) is 9.29. The summed E-state index contributed by atoms with van der Waals surface area (Å²) in [6, 6.07) is 16.7. The summed E-state index contributed by atoms with van der Waals surface area (Å²) in [5.41, 5.74) is 3.54. The Morgan fingerprint density at radius 1 is 1.00 bits per heavy atom. The molecule has 0 saturated carbocycles. The van der Waals surface area contributed by atoms with Crippen LogP contribution < -0.4 is 0 Å². The highest BCUT2D eigenvalue weighted by Gasteiger charge is 2.08. The van der Waals surface area contributed by atoms with E-state index in [0.29, 0.717) is 5.56 Å². The summed E-state index contributed by atoms with van der Waals surface area (Å²) >= 11 is 0. The highest BCUT2D eigenvalue weighted by atomic mass is 14.6. The Morgan fingerprint density at radius 2 is 1.79 bits per heavy atom. The van der Waals surface area contributed by atoms with Crippen LogP contribution in [-0.2, 0) is 0 Å². The summed E-state index contributed by atoms with van der Waals surface area (Å²) in [5.74, 6) is 0. The van der Waals surface area contributed by atoms with Gasteiger partial charge in [0, 0.05) is 18.0 Å². The van der Waals surface area contributed by atoms with Crippen molar-refractivity contribution < 1.29 is 0 Å². The molecule has 0 unspecified atom stereocenters. The minimum Gasteiger partial charge on any atom is -0.264 e. The largest absolute Gasteiger partial charge is 0.264 e. The zero-order valence-electron chi connectivity index (χ0n) is 10.6. The lowest BCUT2D eigenvalue weighted by Gasteiger charge is -2.07. The fourth-order valence-electron chi connectivity index (χ4n) is 2.29. The molecule has 2 aromatic carbocycles. The van der Waals surface area contributed by atoms with Crippen LogP contribution in [0, 0.1) is 18.3 Å². The summed E-state index contributed by atoms with van der Waals surface area (Å²) in [5, 5.41) is 11.7. The number of pyridine rings is 1. The molecule has 0 amide bonds. The third kappa shape index (κ3) is 1.96. The number of fused-ring (bicyclic) bond motifs is 1. The maximum atomic E-state index is 9.30. The number of aromatic nitrogens is 1. The predicted molar refractivity (Wildman–Crippen MR) is 76.6 cm³/mol. The molecular weight excluding hydrogens is 232 g/mol. The van der Waals surface area contributed by atoms with Gasteiger partial charge < -0.3 is 0 Å². The SMILES string of the molecule is Cc1cncc(-c2ccc3ccccc3c2)c1C#N. The van der Waals surface area contributed by atoms with E-state index in [-0.39, 0.29) is 0 Å². The van der Waals surface area contributed by atoms with E-state index >= 15 is 0 Å². The number of rotatable bonds is 1. The van der Waals surface area contributed by atoms with E-state index in [0.717, 1.165) is 16.7 Å². The van der Waals surface area contributed by atoms with Gasteiger partial charge in [-0.3, -0.25) is 4.98 Å². The van der Waals surface area contributed by atoms with E-state index < -0.39 is 0 Å². The van der Waals surface area contributed by atoms with Crippen LogP contribution in [0.5, 0.6) is 0 Å². The Morgan fingerprint density at radius 3 is 2.58 bits per heavy atom. The van der Waals surface area contributed by atoms with Crippen LogP contribution in [0.2, 0.25) is 0 Å². The smallest absolute Gasteiger partial charge is 0.100 e. The highest BCUT2D eigenvalue weighted by Crippen LogP contribution is 2.27. The second-order valence-electron chi connectivity index (χ2n) is 4.55. The fraction of sp³-hybridized carbons (Fsp3) is 0.0588. The van der Waals surface area contributed by atoms with E-state index in [1.807, 2.05) is 25.1 Å². The number of nitriles is 1. The molecule has 1 heterocycles. The molecule has 0 aliphatic carbocycles. The number of aryl methyl sites for hydroxylation is 1. The quantitative estimate of drug-likeness (QED) is 0.646. The van der Waals surface area contributed by atoms with Crippen molar-refractivity contribution in [2.75, 3.05) is 0 Å². The molecule has 3 aromatic rings. The minimum absolute atomic E-state index is 0.699. The van der Waals surface area contributed by atoms with Crippen molar-refractivity contribution in [2.45, 2.75) is 6.92 Å². The normalized spacial score (nSPS) is 10.3. The van der Waals surface area contributed by atoms with Crippen LogP contribution >= 0.6 is 0 Å². The lowest BCUT2D eigenvalue weighted by atomic mass is 9.97. The lowest BCUT2D eigenvalue weighted by molar-refractivity contribution is 1.25. The van der Waals surface area contributed by atoms with Crippen LogP contribution in [0.4, 0.5) is 0 Å². The van der Waals surface area contributed by atoms with Crippen molar-refractivity contribution in [3.63, 3.8) is 0 Å². The Bertz CT molecular complexity index is 798. The molecule has 0 aliphatic rings. The Balaban J connectivity index is 2.25. The summed E-state index contributed by atoms with van der Waals surface area (Å²) in [4.78, 5) is 4.20. The number of hydrogen-bond donors (Lipinski definition) is 0. The average Bonchev–Trinajstić information content (AvgIpc) is 2.46. The summed E-state index contributed by atoms with van der Waals surface area (Å²) < 4.78 is 0. The van der Waals surface area contributed by atoms with E-state index in [2.05, 4.69) is 35.3 Å². The molecule has 90 valence electrons. The first kappa shape index (κ1) is 11.4. The molecule has 0 atom stereocenters. The topological polar surface area (TPSA) is 36.7 Å². The van der Waals surface area contributed by atoms with Crippen LogP contribution in [0.15, 0.2) is 54.9 Å². The van der Waals surface area contributed by atoms with Crippen molar-refractivity contribution in [2.24, 2.45) is 0 Å². The van der Waals surface area contributed by atoms with Crippen molar-refractivity contribution in [3.05, 3.63) is 66.0 Å². The maximum Gasteiger partial charge on any atom is 0.100 e.